The summed E-state index contributed by atoms with van der Waals surface area (Å²) in [5.41, 5.74) is 7.28. The van der Waals surface area contributed by atoms with Crippen molar-refractivity contribution in [3.63, 3.8) is 0 Å². The summed E-state index contributed by atoms with van der Waals surface area (Å²) in [7, 11) is 0. The number of hydrogen-bond acceptors (Lipinski definition) is 2. The van der Waals surface area contributed by atoms with Crippen molar-refractivity contribution in [1.29, 1.82) is 0 Å². The number of benzene rings is 1. The molecule has 1 unspecified atom stereocenters. The van der Waals surface area contributed by atoms with Gasteiger partial charge < -0.3 is 10.3 Å². The minimum absolute atomic E-state index is 0.209. The summed E-state index contributed by atoms with van der Waals surface area (Å²) >= 11 is 6.93. The van der Waals surface area contributed by atoms with Crippen LogP contribution in [0.2, 0.25) is 0 Å². The van der Waals surface area contributed by atoms with E-state index in [1.165, 1.54) is 0 Å². The lowest BCUT2D eigenvalue weighted by Crippen LogP contribution is -2.17. The van der Waals surface area contributed by atoms with Crippen molar-refractivity contribution in [1.82, 2.24) is 9.55 Å². The smallest absolute Gasteiger partial charge is 0.130 e. The third-order valence-electron chi connectivity index (χ3n) is 2.61. The van der Waals surface area contributed by atoms with Gasteiger partial charge in [-0.05, 0) is 30.7 Å². The zero-order valence-corrected chi connectivity index (χ0v) is 12.6. The van der Waals surface area contributed by atoms with Gasteiger partial charge in [0, 0.05) is 27.9 Å². The molecule has 2 N–H and O–H groups in total. The Morgan fingerprint density at radius 2 is 1.94 bits per heavy atom. The number of aryl methyl sites for hydroxylation is 1. The molecule has 17 heavy (non-hydrogen) atoms. The normalized spacial score (nSPS) is 12.7. The van der Waals surface area contributed by atoms with Gasteiger partial charge in [0.25, 0.3) is 0 Å². The molecule has 3 nitrogen and oxygen atoms in total. The Kier molecular flexibility index (Phi) is 4.01. The van der Waals surface area contributed by atoms with Gasteiger partial charge in [-0.3, -0.25) is 0 Å². The van der Waals surface area contributed by atoms with Gasteiger partial charge in [0.1, 0.15) is 5.82 Å². The molecule has 0 amide bonds. The van der Waals surface area contributed by atoms with Crippen LogP contribution < -0.4 is 5.73 Å². The molecule has 0 radical (unpaired) electrons. The van der Waals surface area contributed by atoms with Gasteiger partial charge in [-0.1, -0.05) is 31.9 Å². The highest BCUT2D eigenvalue weighted by molar-refractivity contribution is 9.11. The first-order chi connectivity index (χ1) is 8.11. The van der Waals surface area contributed by atoms with Crippen molar-refractivity contribution >= 4 is 31.9 Å². The summed E-state index contributed by atoms with van der Waals surface area (Å²) in [5.74, 6) is 0.887. The Morgan fingerprint density at radius 1 is 1.29 bits per heavy atom. The van der Waals surface area contributed by atoms with Crippen LogP contribution in [0.1, 0.15) is 24.4 Å². The molecular formula is C12H13Br2N3. The van der Waals surface area contributed by atoms with Gasteiger partial charge in [0.15, 0.2) is 0 Å². The molecule has 1 aromatic carbocycles. The minimum Gasteiger partial charge on any atom is -0.334 e. The van der Waals surface area contributed by atoms with E-state index < -0.39 is 0 Å². The summed E-state index contributed by atoms with van der Waals surface area (Å²) in [6.45, 7) is 2.95. The van der Waals surface area contributed by atoms with E-state index in [4.69, 9.17) is 5.73 Å². The topological polar surface area (TPSA) is 43.8 Å². The molecule has 2 rings (SSSR count). The van der Waals surface area contributed by atoms with Crippen molar-refractivity contribution in [2.24, 2.45) is 5.73 Å². The number of nitrogens with two attached hydrogens (primary N) is 1. The zero-order valence-electron chi connectivity index (χ0n) is 9.40. The van der Waals surface area contributed by atoms with Crippen molar-refractivity contribution in [3.8, 4) is 0 Å². The lowest BCUT2D eigenvalue weighted by atomic mass is 10.1. The van der Waals surface area contributed by atoms with Gasteiger partial charge in [-0.15, -0.1) is 0 Å². The molecule has 0 bridgehead atoms. The summed E-state index contributed by atoms with van der Waals surface area (Å²) in [5, 5.41) is 0. The third-order valence-corrected chi connectivity index (χ3v) is 3.53. The van der Waals surface area contributed by atoms with Crippen LogP contribution >= 0.6 is 31.9 Å². The minimum atomic E-state index is -0.209. The van der Waals surface area contributed by atoms with E-state index in [-0.39, 0.29) is 6.04 Å². The van der Waals surface area contributed by atoms with E-state index in [0.717, 1.165) is 26.9 Å². The number of imidazole rings is 1. The van der Waals surface area contributed by atoms with E-state index in [0.29, 0.717) is 0 Å². The molecule has 1 atom stereocenters. The van der Waals surface area contributed by atoms with Crippen molar-refractivity contribution < 1.29 is 0 Å². The Labute approximate surface area is 117 Å². The first-order valence-corrected chi connectivity index (χ1v) is 6.93. The largest absolute Gasteiger partial charge is 0.334 e. The first kappa shape index (κ1) is 12.8. The van der Waals surface area contributed by atoms with E-state index in [9.17, 15) is 0 Å². The lowest BCUT2D eigenvalue weighted by Gasteiger charge is -2.14. The molecule has 90 valence electrons. The Bertz CT molecular complexity index is 502. The highest BCUT2D eigenvalue weighted by Gasteiger charge is 2.15. The van der Waals surface area contributed by atoms with Crippen molar-refractivity contribution in [3.05, 3.63) is 50.9 Å². The molecule has 0 saturated heterocycles. The maximum Gasteiger partial charge on any atom is 0.130 e. The van der Waals surface area contributed by atoms with Crippen molar-refractivity contribution in [2.75, 3.05) is 0 Å². The maximum absolute atomic E-state index is 6.25. The molecule has 5 heteroatoms. The number of nitrogens with zero attached hydrogens (tertiary/aromatic N) is 2. The molecule has 0 spiro atoms. The number of halogens is 2. The average Bonchev–Trinajstić information content (AvgIpc) is 2.74. The second-order valence-corrected chi connectivity index (χ2v) is 5.58. The molecule has 0 fully saturated rings. The quantitative estimate of drug-likeness (QED) is 0.912. The second kappa shape index (κ2) is 5.33. The fourth-order valence-corrected chi connectivity index (χ4v) is 3.10. The van der Waals surface area contributed by atoms with Crippen LogP contribution in [0.3, 0.4) is 0 Å². The van der Waals surface area contributed by atoms with E-state index in [2.05, 4.69) is 48.3 Å². The standard InChI is InChI=1S/C12H13Br2N3/c1-2-17-4-3-16-12(17)11(15)8-5-9(13)7-10(14)6-8/h3-7,11H,2,15H2,1H3. The molecule has 0 saturated carbocycles. The summed E-state index contributed by atoms with van der Waals surface area (Å²) in [4.78, 5) is 4.33. The van der Waals surface area contributed by atoms with Crippen LogP contribution in [0.15, 0.2) is 39.5 Å². The Hall–Kier alpha value is -0.650. The summed E-state index contributed by atoms with van der Waals surface area (Å²) < 4.78 is 4.07. The van der Waals surface area contributed by atoms with Gasteiger partial charge in [0.05, 0.1) is 6.04 Å². The Balaban J connectivity index is 2.39. The van der Waals surface area contributed by atoms with Gasteiger partial charge in [-0.25, -0.2) is 4.98 Å². The van der Waals surface area contributed by atoms with E-state index >= 15 is 0 Å². The molecule has 1 heterocycles. The highest BCUT2D eigenvalue weighted by atomic mass is 79.9. The fourth-order valence-electron chi connectivity index (χ4n) is 1.77. The maximum atomic E-state index is 6.25. The fraction of sp³-hybridized carbons (Fsp3) is 0.250. The third kappa shape index (κ3) is 2.78. The van der Waals surface area contributed by atoms with Gasteiger partial charge in [0.2, 0.25) is 0 Å². The lowest BCUT2D eigenvalue weighted by molar-refractivity contribution is 0.656. The molecule has 0 aliphatic heterocycles. The Morgan fingerprint density at radius 3 is 2.53 bits per heavy atom. The van der Waals surface area contributed by atoms with Crippen LogP contribution in [0.4, 0.5) is 0 Å². The SMILES string of the molecule is CCn1ccnc1C(N)c1cc(Br)cc(Br)c1. The second-order valence-electron chi connectivity index (χ2n) is 3.75. The van der Waals surface area contributed by atoms with Crippen LogP contribution in [-0.4, -0.2) is 9.55 Å². The van der Waals surface area contributed by atoms with E-state index in [1.54, 1.807) is 6.20 Å². The monoisotopic (exact) mass is 357 g/mol. The highest BCUT2D eigenvalue weighted by Crippen LogP contribution is 2.26. The molecule has 0 aliphatic rings. The first-order valence-electron chi connectivity index (χ1n) is 5.34. The number of aromatic nitrogens is 2. The van der Waals surface area contributed by atoms with E-state index in [1.807, 2.05) is 24.4 Å². The summed E-state index contributed by atoms with van der Waals surface area (Å²) in [6.07, 6.45) is 3.73. The average molecular weight is 359 g/mol. The van der Waals surface area contributed by atoms with Gasteiger partial charge >= 0.3 is 0 Å². The predicted molar refractivity (Wildman–Crippen MR) is 75.8 cm³/mol. The predicted octanol–water partition coefficient (Wildman–Crippen LogP) is 3.48. The van der Waals surface area contributed by atoms with Crippen LogP contribution in [0.5, 0.6) is 0 Å². The molecule has 1 aromatic heterocycles. The molecule has 2 aromatic rings. The number of hydrogen-bond donors (Lipinski definition) is 1. The van der Waals surface area contributed by atoms with Crippen LogP contribution in [0.25, 0.3) is 0 Å². The van der Waals surface area contributed by atoms with Crippen molar-refractivity contribution in [2.45, 2.75) is 19.5 Å². The summed E-state index contributed by atoms with van der Waals surface area (Å²) in [6, 6.07) is 5.82. The van der Waals surface area contributed by atoms with Gasteiger partial charge in [-0.2, -0.15) is 0 Å². The number of rotatable bonds is 3. The van der Waals surface area contributed by atoms with Crippen LogP contribution in [0, 0.1) is 0 Å². The molecule has 0 aliphatic carbocycles. The zero-order chi connectivity index (χ0) is 12.4. The van der Waals surface area contributed by atoms with Crippen LogP contribution in [-0.2, 0) is 6.54 Å². The molecular weight excluding hydrogens is 346 g/mol.